The van der Waals surface area contributed by atoms with Gasteiger partial charge in [-0.05, 0) is 22.0 Å². The molecule has 5 heteroatoms. The number of nitrogens with one attached hydrogen (secondary N) is 2. The molecule has 0 unspecified atom stereocenters. The number of hydrazine groups is 1. The summed E-state index contributed by atoms with van der Waals surface area (Å²) in [6, 6.07) is 0. The lowest BCUT2D eigenvalue weighted by Crippen LogP contribution is -2.35. The maximum absolute atomic E-state index is 5.54. The molecule has 1 heterocycles. The quantitative estimate of drug-likeness (QED) is 0.516. The highest BCUT2D eigenvalue weighted by molar-refractivity contribution is 9.11. The Morgan fingerprint density at radius 1 is 1.56 bits per heavy atom. The van der Waals surface area contributed by atoms with Crippen molar-refractivity contribution in [2.24, 2.45) is 5.73 Å². The molecule has 1 aliphatic rings. The van der Waals surface area contributed by atoms with Crippen LogP contribution in [0.2, 0.25) is 0 Å². The lowest BCUT2D eigenvalue weighted by Gasteiger charge is -2.13. The van der Waals surface area contributed by atoms with Crippen LogP contribution in [0.3, 0.4) is 0 Å². The molecule has 0 aromatic rings. The molecule has 0 aliphatic carbocycles. The van der Waals surface area contributed by atoms with Crippen molar-refractivity contribution in [2.75, 3.05) is 0 Å². The third kappa shape index (κ3) is 1.53. The van der Waals surface area contributed by atoms with Gasteiger partial charge in [-0.15, -0.1) is 0 Å². The Bertz CT molecular complexity index is 186. The second kappa shape index (κ2) is 2.49. The largest absolute Gasteiger partial charge is 0.383 e. The molecule has 4 N–H and O–H groups in total. The van der Waals surface area contributed by atoms with Crippen LogP contribution < -0.4 is 16.6 Å². The lowest BCUT2D eigenvalue weighted by molar-refractivity contribution is 0.695. The molecule has 9 heavy (non-hydrogen) atoms. The monoisotopic (exact) mass is 209 g/mol. The van der Waals surface area contributed by atoms with E-state index in [0.29, 0.717) is 11.0 Å². The van der Waals surface area contributed by atoms with Crippen molar-refractivity contribution in [3.8, 4) is 0 Å². The predicted octanol–water partition coefficient (Wildman–Crippen LogP) is 0.697. The van der Waals surface area contributed by atoms with Crippen LogP contribution in [0.1, 0.15) is 0 Å². The van der Waals surface area contributed by atoms with Crippen LogP contribution in [0, 0.1) is 0 Å². The second-order valence-corrected chi connectivity index (χ2v) is 2.77. The summed E-state index contributed by atoms with van der Waals surface area (Å²) in [6.45, 7) is 0. The number of rotatable bonds is 0. The van der Waals surface area contributed by atoms with E-state index in [1.165, 1.54) is 0 Å². The van der Waals surface area contributed by atoms with Gasteiger partial charge in [-0.2, -0.15) is 0 Å². The summed E-state index contributed by atoms with van der Waals surface area (Å²) < 4.78 is 0.756. The van der Waals surface area contributed by atoms with E-state index < -0.39 is 0 Å². The summed E-state index contributed by atoms with van der Waals surface area (Å²) >= 11 is 8.73. The van der Waals surface area contributed by atoms with Gasteiger partial charge in [0.2, 0.25) is 0 Å². The Kier molecular flexibility index (Phi) is 1.87. The molecular formula is C4H5BrClN3. The van der Waals surface area contributed by atoms with E-state index in [2.05, 4.69) is 26.8 Å². The first-order chi connectivity index (χ1) is 4.20. The van der Waals surface area contributed by atoms with Crippen LogP contribution in [-0.4, -0.2) is 0 Å². The molecular weight excluding hydrogens is 205 g/mol. The molecule has 0 atom stereocenters. The van der Waals surface area contributed by atoms with Crippen LogP contribution in [0.15, 0.2) is 21.5 Å². The summed E-state index contributed by atoms with van der Waals surface area (Å²) in [4.78, 5) is 0. The second-order valence-electron chi connectivity index (χ2n) is 1.50. The topological polar surface area (TPSA) is 50.1 Å². The van der Waals surface area contributed by atoms with Crippen molar-refractivity contribution in [3.05, 3.63) is 21.5 Å². The fourth-order valence-electron chi connectivity index (χ4n) is 0.412. The Morgan fingerprint density at radius 3 is 2.67 bits per heavy atom. The van der Waals surface area contributed by atoms with Crippen molar-refractivity contribution < 1.29 is 0 Å². The minimum atomic E-state index is 0.510. The summed E-state index contributed by atoms with van der Waals surface area (Å²) in [6.07, 6.45) is 1.67. The fourth-order valence-corrected chi connectivity index (χ4v) is 1.03. The third-order valence-corrected chi connectivity index (χ3v) is 1.69. The predicted molar refractivity (Wildman–Crippen MR) is 40.3 cm³/mol. The highest BCUT2D eigenvalue weighted by atomic mass is 79.9. The summed E-state index contributed by atoms with van der Waals surface area (Å²) in [5, 5.41) is 0.510. The summed E-state index contributed by atoms with van der Waals surface area (Å²) in [5.41, 5.74) is 10.7. The molecule has 0 amide bonds. The normalized spacial score (nSPS) is 18.2. The number of hydrogen-bond donors (Lipinski definition) is 3. The number of allylic oxidation sites excluding steroid dienone is 2. The summed E-state index contributed by atoms with van der Waals surface area (Å²) in [7, 11) is 0. The van der Waals surface area contributed by atoms with Gasteiger partial charge in [0, 0.05) is 0 Å². The van der Waals surface area contributed by atoms with E-state index in [1.54, 1.807) is 6.08 Å². The fraction of sp³-hybridized carbons (Fsp3) is 0. The standard InChI is InChI=1S/C4H5BrClN3/c5-2-1-3(6)8-9-4(2)7/h1,8-9H,7H2. The van der Waals surface area contributed by atoms with Crippen molar-refractivity contribution in [1.29, 1.82) is 0 Å². The molecule has 0 aromatic carbocycles. The molecule has 50 valence electrons. The SMILES string of the molecule is NC1=C(Br)C=C(Cl)NN1. The maximum Gasteiger partial charge on any atom is 0.130 e. The minimum absolute atomic E-state index is 0.510. The number of hydrogen-bond acceptors (Lipinski definition) is 3. The molecule has 1 rings (SSSR count). The van der Waals surface area contributed by atoms with Crippen molar-refractivity contribution in [1.82, 2.24) is 10.9 Å². The van der Waals surface area contributed by atoms with Crippen LogP contribution >= 0.6 is 27.5 Å². The first-order valence-corrected chi connectivity index (χ1v) is 3.41. The van der Waals surface area contributed by atoms with Gasteiger partial charge in [0.15, 0.2) is 0 Å². The molecule has 0 radical (unpaired) electrons. The average molecular weight is 210 g/mol. The Labute approximate surface area is 66.0 Å². The minimum Gasteiger partial charge on any atom is -0.383 e. The van der Waals surface area contributed by atoms with Crippen molar-refractivity contribution in [2.45, 2.75) is 0 Å². The number of halogens is 2. The highest BCUT2D eigenvalue weighted by Gasteiger charge is 2.03. The first kappa shape index (κ1) is 6.77. The zero-order chi connectivity index (χ0) is 6.85. The summed E-state index contributed by atoms with van der Waals surface area (Å²) in [5.74, 6) is 0.527. The molecule has 0 spiro atoms. The third-order valence-electron chi connectivity index (χ3n) is 0.827. The maximum atomic E-state index is 5.54. The van der Waals surface area contributed by atoms with Crippen molar-refractivity contribution >= 4 is 27.5 Å². The van der Waals surface area contributed by atoms with Gasteiger partial charge in [0.1, 0.15) is 11.0 Å². The Morgan fingerprint density at radius 2 is 2.22 bits per heavy atom. The van der Waals surface area contributed by atoms with E-state index in [4.69, 9.17) is 17.3 Å². The lowest BCUT2D eigenvalue weighted by atomic mass is 10.5. The van der Waals surface area contributed by atoms with Crippen LogP contribution in [0.4, 0.5) is 0 Å². The van der Waals surface area contributed by atoms with Crippen LogP contribution in [0.5, 0.6) is 0 Å². The van der Waals surface area contributed by atoms with Crippen molar-refractivity contribution in [3.63, 3.8) is 0 Å². The molecule has 0 saturated carbocycles. The van der Waals surface area contributed by atoms with E-state index in [1.807, 2.05) is 0 Å². The van der Waals surface area contributed by atoms with Gasteiger partial charge in [-0.3, -0.25) is 10.9 Å². The van der Waals surface area contributed by atoms with Gasteiger partial charge in [0.25, 0.3) is 0 Å². The van der Waals surface area contributed by atoms with Crippen LogP contribution in [0.25, 0.3) is 0 Å². The molecule has 0 aromatic heterocycles. The van der Waals surface area contributed by atoms with E-state index in [-0.39, 0.29) is 0 Å². The van der Waals surface area contributed by atoms with Gasteiger partial charge >= 0.3 is 0 Å². The van der Waals surface area contributed by atoms with Crippen LogP contribution in [-0.2, 0) is 0 Å². The van der Waals surface area contributed by atoms with Gasteiger partial charge in [-0.1, -0.05) is 11.6 Å². The number of nitrogens with two attached hydrogens (primary N) is 1. The average Bonchev–Trinajstić information content (AvgIpc) is 1.80. The van der Waals surface area contributed by atoms with E-state index in [0.717, 1.165) is 4.48 Å². The molecule has 0 bridgehead atoms. The highest BCUT2D eigenvalue weighted by Crippen LogP contribution is 2.14. The first-order valence-electron chi connectivity index (χ1n) is 2.24. The van der Waals surface area contributed by atoms with E-state index >= 15 is 0 Å². The molecule has 1 aliphatic heterocycles. The zero-order valence-corrected chi connectivity index (χ0v) is 6.75. The Hall–Kier alpha value is -0.350. The molecule has 3 nitrogen and oxygen atoms in total. The zero-order valence-electron chi connectivity index (χ0n) is 4.41. The molecule has 0 saturated heterocycles. The Balaban J connectivity index is 2.83. The molecule has 0 fully saturated rings. The van der Waals surface area contributed by atoms with Gasteiger partial charge in [0.05, 0.1) is 4.48 Å². The van der Waals surface area contributed by atoms with Gasteiger partial charge < -0.3 is 5.73 Å². The van der Waals surface area contributed by atoms with E-state index in [9.17, 15) is 0 Å². The smallest absolute Gasteiger partial charge is 0.130 e. The van der Waals surface area contributed by atoms with Gasteiger partial charge in [-0.25, -0.2) is 0 Å².